The maximum absolute atomic E-state index is 13.1. The lowest BCUT2D eigenvalue weighted by Gasteiger charge is -2.42. The molecule has 0 saturated carbocycles. The summed E-state index contributed by atoms with van der Waals surface area (Å²) in [6.45, 7) is 4.07. The minimum atomic E-state index is -4.83. The lowest BCUT2D eigenvalue weighted by atomic mass is 10.0. The molecule has 0 bridgehead atoms. The molecule has 3 heterocycles. The number of aryl methyl sites for hydroxylation is 1. The van der Waals surface area contributed by atoms with Crippen LogP contribution in [0.25, 0.3) is 0 Å². The van der Waals surface area contributed by atoms with Gasteiger partial charge in [-0.15, -0.1) is 11.3 Å². The van der Waals surface area contributed by atoms with Crippen molar-refractivity contribution in [3.05, 3.63) is 40.4 Å². The topological polar surface area (TPSA) is 259 Å². The summed E-state index contributed by atoms with van der Waals surface area (Å²) >= 11 is 1.02. The molecular formula is C25H32N8O9S2. The standard InChI is InChI=1S/C25H32N8O9S2/c1-12-18(23(35)33(12)44(38,39)40)30-22(34)20(19-13(2)43-25(27)31-19)32-42-17(24(36)37)11-41-16-7-5-14(6-8-16)21(26)29-15-4-3-9-28-10-15/h5-8,12,15,17-18,28H,3-4,9-11H2,1-2H3,(H2,26,29)(H2,27,31)(H,30,34)(H,36,37)(H,38,39,40)/t12-,15?,17?,18-/m0/s1. The van der Waals surface area contributed by atoms with Crippen LogP contribution in [-0.4, -0.2) is 101 Å². The number of nitrogen functional groups attached to an aromatic ring is 1. The Morgan fingerprint density at radius 1 is 1.32 bits per heavy atom. The minimum absolute atomic E-state index is 0.0447. The highest BCUT2D eigenvalue weighted by Crippen LogP contribution is 2.24. The number of amides is 2. The first-order chi connectivity index (χ1) is 20.8. The molecule has 19 heteroatoms. The number of aliphatic carboxylic acids is 1. The number of benzene rings is 1. The number of hydrogen-bond acceptors (Lipinski definition) is 13. The molecule has 2 amide bonds. The summed E-state index contributed by atoms with van der Waals surface area (Å²) in [6, 6.07) is 4.16. The minimum Gasteiger partial charge on any atom is -0.489 e. The van der Waals surface area contributed by atoms with Crippen molar-refractivity contribution in [3.8, 4) is 5.75 Å². The predicted octanol–water partition coefficient (Wildman–Crippen LogP) is -0.528. The average molecular weight is 653 g/mol. The first kappa shape index (κ1) is 32.6. The summed E-state index contributed by atoms with van der Waals surface area (Å²) in [4.78, 5) is 47.0. The number of nitrogens with one attached hydrogen (secondary N) is 4. The largest absolute Gasteiger partial charge is 0.489 e. The second-order valence-electron chi connectivity index (χ2n) is 10.0. The molecule has 1 aromatic heterocycles. The monoisotopic (exact) mass is 652 g/mol. The number of nitrogens with zero attached hydrogens (tertiary/aromatic N) is 3. The number of ether oxygens (including phenoxy) is 1. The van der Waals surface area contributed by atoms with E-state index in [1.807, 2.05) is 0 Å². The smallest absolute Gasteiger partial charge is 0.362 e. The van der Waals surface area contributed by atoms with E-state index < -0.39 is 58.6 Å². The number of amidine groups is 1. The summed E-state index contributed by atoms with van der Waals surface area (Å²) < 4.78 is 37.8. The fourth-order valence-electron chi connectivity index (χ4n) is 4.56. The molecule has 2 aliphatic heterocycles. The SMILES string of the molecule is Cc1sc(N)nc1C(=NOC(COc1ccc(C(=N)NC2CCCNC2)cc1)C(=O)O)C(=O)N[C@@H]1C(=O)N(S(=O)(=O)O)[C@H]1C. The molecule has 2 aromatic rings. The molecule has 2 aliphatic rings. The lowest BCUT2D eigenvalue weighted by Crippen LogP contribution is -2.71. The number of rotatable bonds is 12. The maximum atomic E-state index is 13.1. The van der Waals surface area contributed by atoms with Crippen LogP contribution < -0.4 is 26.4 Å². The van der Waals surface area contributed by atoms with Crippen molar-refractivity contribution in [1.82, 2.24) is 25.2 Å². The Labute approximate surface area is 256 Å². The molecule has 4 rings (SSSR count). The predicted molar refractivity (Wildman–Crippen MR) is 158 cm³/mol. The summed E-state index contributed by atoms with van der Waals surface area (Å²) in [5, 5.41) is 30.5. The van der Waals surface area contributed by atoms with Crippen LogP contribution >= 0.6 is 11.3 Å². The molecule has 44 heavy (non-hydrogen) atoms. The van der Waals surface area contributed by atoms with E-state index in [0.717, 1.165) is 37.3 Å². The van der Waals surface area contributed by atoms with E-state index in [-0.39, 0.29) is 27.0 Å². The summed E-state index contributed by atoms with van der Waals surface area (Å²) in [7, 11) is -4.83. The highest BCUT2D eigenvalue weighted by Gasteiger charge is 2.51. The van der Waals surface area contributed by atoms with Gasteiger partial charge in [-0.1, -0.05) is 5.16 Å². The number of oxime groups is 1. The number of thiazole rings is 1. The molecule has 2 unspecified atom stereocenters. The summed E-state index contributed by atoms with van der Waals surface area (Å²) in [5.74, 6) is -3.03. The zero-order chi connectivity index (χ0) is 32.2. The van der Waals surface area contributed by atoms with Crippen molar-refractivity contribution < 1.29 is 42.0 Å². The van der Waals surface area contributed by atoms with Crippen LogP contribution in [0.5, 0.6) is 5.75 Å². The van der Waals surface area contributed by atoms with Gasteiger partial charge in [0.25, 0.3) is 17.9 Å². The molecule has 4 atom stereocenters. The van der Waals surface area contributed by atoms with Gasteiger partial charge in [0.1, 0.15) is 29.9 Å². The zero-order valence-electron chi connectivity index (χ0n) is 23.6. The van der Waals surface area contributed by atoms with E-state index in [9.17, 15) is 32.5 Å². The Hall–Kier alpha value is -4.33. The Bertz CT molecular complexity index is 1560. The number of aromatic nitrogens is 1. The van der Waals surface area contributed by atoms with Gasteiger partial charge < -0.3 is 36.4 Å². The fraction of sp³-hybridized carbons (Fsp3) is 0.440. The Balaban J connectivity index is 1.43. The number of carbonyl (C=O) groups excluding carboxylic acids is 2. The molecule has 0 spiro atoms. The van der Waals surface area contributed by atoms with Crippen molar-refractivity contribution in [1.29, 1.82) is 5.41 Å². The van der Waals surface area contributed by atoms with Gasteiger partial charge in [0.05, 0.1) is 6.04 Å². The van der Waals surface area contributed by atoms with Crippen molar-refractivity contribution in [2.75, 3.05) is 25.4 Å². The van der Waals surface area contributed by atoms with E-state index in [1.165, 1.54) is 6.92 Å². The van der Waals surface area contributed by atoms with Crippen molar-refractivity contribution in [2.24, 2.45) is 5.16 Å². The van der Waals surface area contributed by atoms with Crippen LogP contribution in [0.1, 0.15) is 35.9 Å². The fourth-order valence-corrected chi connectivity index (χ4v) is 6.13. The van der Waals surface area contributed by atoms with Crippen LogP contribution in [0.15, 0.2) is 29.4 Å². The third-order valence-electron chi connectivity index (χ3n) is 6.86. The van der Waals surface area contributed by atoms with Gasteiger partial charge in [0.15, 0.2) is 10.8 Å². The number of hydrogen-bond donors (Lipinski definition) is 7. The maximum Gasteiger partial charge on any atom is 0.362 e. The molecular weight excluding hydrogens is 620 g/mol. The molecule has 1 aromatic carbocycles. The molecule has 2 saturated heterocycles. The molecule has 0 aliphatic carbocycles. The molecule has 238 valence electrons. The Morgan fingerprint density at radius 3 is 2.57 bits per heavy atom. The molecule has 0 radical (unpaired) electrons. The third-order valence-corrected chi connectivity index (χ3v) is 8.67. The van der Waals surface area contributed by atoms with Crippen molar-refractivity contribution in [3.63, 3.8) is 0 Å². The van der Waals surface area contributed by atoms with E-state index in [4.69, 9.17) is 20.7 Å². The van der Waals surface area contributed by atoms with Gasteiger partial charge in [-0.2, -0.15) is 8.42 Å². The number of carboxylic acids is 1. The first-order valence-electron chi connectivity index (χ1n) is 13.4. The number of nitrogens with two attached hydrogens (primary N) is 1. The van der Waals surface area contributed by atoms with Gasteiger partial charge >= 0.3 is 16.3 Å². The van der Waals surface area contributed by atoms with Crippen LogP contribution in [0.3, 0.4) is 0 Å². The van der Waals surface area contributed by atoms with Gasteiger partial charge in [-0.3, -0.25) is 19.6 Å². The van der Waals surface area contributed by atoms with Crippen LogP contribution in [0.4, 0.5) is 5.13 Å². The highest BCUT2D eigenvalue weighted by atomic mass is 32.2. The number of carbonyl (C=O) groups is 3. The van der Waals surface area contributed by atoms with Crippen LogP contribution in [0.2, 0.25) is 0 Å². The number of piperidine rings is 1. The average Bonchev–Trinajstić information content (AvgIpc) is 3.30. The highest BCUT2D eigenvalue weighted by molar-refractivity contribution is 7.84. The summed E-state index contributed by atoms with van der Waals surface area (Å²) in [5.41, 5.74) is 5.80. The normalized spacial score (nSPS) is 21.2. The second-order valence-corrected chi connectivity index (χ2v) is 12.6. The molecule has 8 N–H and O–H groups in total. The van der Waals surface area contributed by atoms with Crippen LogP contribution in [-0.2, 0) is 29.5 Å². The number of carboxylic acid groups (broad SMARTS) is 1. The zero-order valence-corrected chi connectivity index (χ0v) is 25.3. The van der Waals surface area contributed by atoms with Gasteiger partial charge in [-0.25, -0.2) is 14.1 Å². The van der Waals surface area contributed by atoms with Crippen LogP contribution in [0, 0.1) is 12.3 Å². The summed E-state index contributed by atoms with van der Waals surface area (Å²) in [6.07, 6.45) is 0.290. The molecule has 17 nitrogen and oxygen atoms in total. The van der Waals surface area contributed by atoms with Crippen molar-refractivity contribution in [2.45, 2.75) is 50.9 Å². The lowest BCUT2D eigenvalue weighted by molar-refractivity contribution is -0.152. The van der Waals surface area contributed by atoms with Gasteiger partial charge in [0, 0.05) is 23.0 Å². The third kappa shape index (κ3) is 7.59. The Kier molecular flexibility index (Phi) is 10.0. The number of β-lactam (4-membered cyclic amide) rings is 1. The second kappa shape index (κ2) is 13.5. The Morgan fingerprint density at radius 2 is 2.02 bits per heavy atom. The van der Waals surface area contributed by atoms with Gasteiger partial charge in [-0.05, 0) is 57.5 Å². The van der Waals surface area contributed by atoms with E-state index in [2.05, 4.69) is 26.1 Å². The van der Waals surface area contributed by atoms with Crippen molar-refractivity contribution >= 4 is 56.1 Å². The number of anilines is 1. The van der Waals surface area contributed by atoms with E-state index >= 15 is 0 Å². The molecule has 2 fully saturated rings. The quantitative estimate of drug-likeness (QED) is 0.0501. The van der Waals surface area contributed by atoms with E-state index in [0.29, 0.717) is 16.2 Å². The van der Waals surface area contributed by atoms with Gasteiger partial charge in [0.2, 0.25) is 0 Å². The van der Waals surface area contributed by atoms with E-state index in [1.54, 1.807) is 31.2 Å². The first-order valence-corrected chi connectivity index (χ1v) is 15.6.